The molecule has 0 saturated heterocycles. The summed E-state index contributed by atoms with van der Waals surface area (Å²) < 4.78 is 0. The largest absolute Gasteiger partial charge is 0.357 e. The fourth-order valence-corrected chi connectivity index (χ4v) is 4.27. The summed E-state index contributed by atoms with van der Waals surface area (Å²) in [7, 11) is 0. The highest BCUT2D eigenvalue weighted by Gasteiger charge is 2.25. The van der Waals surface area contributed by atoms with E-state index in [2.05, 4.69) is 27.0 Å². The molecule has 0 fully saturated rings. The molecule has 0 saturated carbocycles. The van der Waals surface area contributed by atoms with Crippen molar-refractivity contribution in [2.45, 2.75) is 32.1 Å². The molecule has 0 spiro atoms. The van der Waals surface area contributed by atoms with Crippen molar-refractivity contribution in [3.63, 3.8) is 0 Å². The summed E-state index contributed by atoms with van der Waals surface area (Å²) in [4.78, 5) is 31.3. The molecular weight excluding hydrogens is 517 g/mol. The van der Waals surface area contributed by atoms with Crippen LogP contribution in [-0.2, 0) is 16.0 Å². The molecule has 2 aliphatic rings. The van der Waals surface area contributed by atoms with Gasteiger partial charge in [0.2, 0.25) is 11.8 Å². The molecule has 0 bridgehead atoms. The fourth-order valence-electron chi connectivity index (χ4n) is 4.27. The number of aliphatic imine (C=N–C) groups is 1. The van der Waals surface area contributed by atoms with Crippen molar-refractivity contribution in [1.29, 1.82) is 0 Å². The average molecular weight is 547 g/mol. The number of rotatable bonds is 5. The molecule has 2 aliphatic heterocycles. The molecule has 0 aliphatic carbocycles. The highest BCUT2D eigenvalue weighted by atomic mass is 127. The molecule has 2 aromatic carbocycles. The van der Waals surface area contributed by atoms with Gasteiger partial charge in [-0.2, -0.15) is 0 Å². The lowest BCUT2D eigenvalue weighted by Crippen LogP contribution is -2.42. The Balaban J connectivity index is 0.00000289. The number of amides is 2. The van der Waals surface area contributed by atoms with Crippen LogP contribution in [0.5, 0.6) is 0 Å². The summed E-state index contributed by atoms with van der Waals surface area (Å²) in [6, 6.07) is 15.9. The van der Waals surface area contributed by atoms with Gasteiger partial charge in [0.05, 0.1) is 0 Å². The molecule has 4 rings (SSSR count). The van der Waals surface area contributed by atoms with Gasteiger partial charge in [-0.15, -0.1) is 24.0 Å². The second kappa shape index (κ2) is 11.3. The number of carbonyl (C=O) groups is 2. The van der Waals surface area contributed by atoms with Crippen LogP contribution in [-0.4, -0.2) is 44.0 Å². The third-order valence-corrected chi connectivity index (χ3v) is 5.75. The molecule has 0 radical (unpaired) electrons. The Hall–Kier alpha value is -2.62. The molecule has 2 aromatic rings. The second-order valence-electron chi connectivity index (χ2n) is 7.89. The van der Waals surface area contributed by atoms with Crippen molar-refractivity contribution in [1.82, 2.24) is 10.6 Å². The van der Waals surface area contributed by atoms with Crippen LogP contribution in [0.1, 0.15) is 36.8 Å². The monoisotopic (exact) mass is 547 g/mol. The Morgan fingerprint density at radius 3 is 2.78 bits per heavy atom. The predicted octanol–water partition coefficient (Wildman–Crippen LogP) is 3.26. The number of aryl methyl sites for hydroxylation is 1. The Kier molecular flexibility index (Phi) is 8.49. The number of hydrogen-bond acceptors (Lipinski definition) is 3. The lowest BCUT2D eigenvalue weighted by atomic mass is 9.90. The van der Waals surface area contributed by atoms with Crippen LogP contribution in [0.15, 0.2) is 53.5 Å². The number of carbonyl (C=O) groups excluding carboxylic acids is 2. The van der Waals surface area contributed by atoms with Gasteiger partial charge in [0, 0.05) is 43.3 Å². The first-order valence-corrected chi connectivity index (χ1v) is 10.9. The molecule has 170 valence electrons. The Labute approximate surface area is 206 Å². The number of anilines is 2. The molecule has 7 nitrogen and oxygen atoms in total. The predicted molar refractivity (Wildman–Crippen MR) is 139 cm³/mol. The minimum Gasteiger partial charge on any atom is -0.357 e. The summed E-state index contributed by atoms with van der Waals surface area (Å²) in [6.45, 7) is 4.04. The molecule has 2 heterocycles. The van der Waals surface area contributed by atoms with Crippen LogP contribution >= 0.6 is 24.0 Å². The Bertz CT molecular complexity index is 994. The van der Waals surface area contributed by atoms with Gasteiger partial charge >= 0.3 is 0 Å². The zero-order valence-corrected chi connectivity index (χ0v) is 20.6. The molecule has 3 N–H and O–H groups in total. The summed E-state index contributed by atoms with van der Waals surface area (Å²) in [6.07, 6.45) is 2.39. The number of fused-ring (bicyclic) bond motifs is 2. The van der Waals surface area contributed by atoms with Gasteiger partial charge in [-0.3, -0.25) is 9.59 Å². The van der Waals surface area contributed by atoms with E-state index in [4.69, 9.17) is 0 Å². The third-order valence-electron chi connectivity index (χ3n) is 5.75. The van der Waals surface area contributed by atoms with E-state index in [0.29, 0.717) is 25.5 Å². The van der Waals surface area contributed by atoms with Crippen LogP contribution in [0.4, 0.5) is 11.4 Å². The smallest absolute Gasteiger partial charge is 0.248 e. The molecule has 8 heteroatoms. The third kappa shape index (κ3) is 5.59. The minimum atomic E-state index is -0.00765. The zero-order valence-electron chi connectivity index (χ0n) is 18.3. The van der Waals surface area contributed by atoms with Crippen LogP contribution < -0.4 is 20.9 Å². The number of nitrogens with zero attached hydrogens (tertiary/aromatic N) is 2. The fraction of sp³-hybridized carbons (Fsp3) is 0.375. The van der Waals surface area contributed by atoms with E-state index >= 15 is 0 Å². The van der Waals surface area contributed by atoms with Crippen molar-refractivity contribution < 1.29 is 9.59 Å². The minimum absolute atomic E-state index is 0. The lowest BCUT2D eigenvalue weighted by Gasteiger charge is -2.29. The topological polar surface area (TPSA) is 85.8 Å². The molecule has 32 heavy (non-hydrogen) atoms. The number of halogens is 1. The Morgan fingerprint density at radius 1 is 1.16 bits per heavy atom. The summed E-state index contributed by atoms with van der Waals surface area (Å²) >= 11 is 0. The van der Waals surface area contributed by atoms with Crippen molar-refractivity contribution >= 4 is 53.1 Å². The maximum atomic E-state index is 12.9. The summed E-state index contributed by atoms with van der Waals surface area (Å²) in [5, 5.41) is 9.44. The van der Waals surface area contributed by atoms with E-state index in [1.807, 2.05) is 54.3 Å². The van der Waals surface area contributed by atoms with Crippen molar-refractivity contribution in [2.75, 3.05) is 36.4 Å². The van der Waals surface area contributed by atoms with Gasteiger partial charge in [-0.1, -0.05) is 36.4 Å². The van der Waals surface area contributed by atoms with Gasteiger partial charge in [0.25, 0.3) is 0 Å². The number of para-hydroxylation sites is 2. The van der Waals surface area contributed by atoms with Crippen molar-refractivity contribution in [3.8, 4) is 0 Å². The highest BCUT2D eigenvalue weighted by molar-refractivity contribution is 14.0. The molecule has 1 unspecified atom stereocenters. The summed E-state index contributed by atoms with van der Waals surface area (Å²) in [5.41, 5.74) is 4.19. The first kappa shape index (κ1) is 24.0. The first-order valence-electron chi connectivity index (χ1n) is 10.9. The van der Waals surface area contributed by atoms with Crippen molar-refractivity contribution in [2.24, 2.45) is 4.99 Å². The van der Waals surface area contributed by atoms with Crippen LogP contribution in [0.25, 0.3) is 0 Å². The van der Waals surface area contributed by atoms with Gasteiger partial charge in [-0.25, -0.2) is 4.99 Å². The van der Waals surface area contributed by atoms with Crippen LogP contribution in [0.2, 0.25) is 0 Å². The average Bonchev–Trinajstić information content (AvgIpc) is 2.80. The van der Waals surface area contributed by atoms with Crippen LogP contribution in [0, 0.1) is 0 Å². The molecule has 2 amide bonds. The molecule has 1 atom stereocenters. The first-order chi connectivity index (χ1) is 15.2. The van der Waals surface area contributed by atoms with Crippen molar-refractivity contribution in [3.05, 3.63) is 59.7 Å². The number of nitrogens with one attached hydrogen (secondary N) is 3. The zero-order chi connectivity index (χ0) is 21.6. The Morgan fingerprint density at radius 2 is 1.94 bits per heavy atom. The standard InChI is InChI=1S/C24H29N5O2.HI/c1-2-25-24(26-15-18-14-22(30)28-20-11-5-4-10-19(18)20)27-16-23(31)29-13-7-9-17-8-3-6-12-21(17)29;/h3-6,8,10-12,18H,2,7,9,13-16H2,1H3,(H,28,30)(H2,25,26,27);1H. The lowest BCUT2D eigenvalue weighted by molar-refractivity contribution is -0.117. The van der Waals surface area contributed by atoms with E-state index in [0.717, 1.165) is 36.3 Å². The van der Waals surface area contributed by atoms with Gasteiger partial charge in [0.1, 0.15) is 6.54 Å². The van der Waals surface area contributed by atoms with Gasteiger partial charge in [-0.05, 0) is 43.0 Å². The van der Waals surface area contributed by atoms with E-state index in [1.165, 1.54) is 5.56 Å². The van der Waals surface area contributed by atoms with E-state index in [1.54, 1.807) is 0 Å². The highest BCUT2D eigenvalue weighted by Crippen LogP contribution is 2.31. The summed E-state index contributed by atoms with van der Waals surface area (Å²) in [5.74, 6) is 0.654. The normalized spacial score (nSPS) is 17.4. The molecular formula is C24H30IN5O2. The number of benzene rings is 2. The van der Waals surface area contributed by atoms with Gasteiger partial charge in [0.15, 0.2) is 5.96 Å². The quantitative estimate of drug-likeness (QED) is 0.305. The second-order valence-corrected chi connectivity index (χ2v) is 7.89. The van der Waals surface area contributed by atoms with E-state index < -0.39 is 0 Å². The number of hydrogen-bond donors (Lipinski definition) is 3. The van der Waals surface area contributed by atoms with Crippen LogP contribution in [0.3, 0.4) is 0 Å². The maximum absolute atomic E-state index is 12.9. The SMILES string of the molecule is CCNC(=NCC(=O)N1CCCc2ccccc21)NCC1CC(=O)Nc2ccccc21.I. The van der Waals surface area contributed by atoms with Gasteiger partial charge < -0.3 is 20.9 Å². The molecule has 0 aromatic heterocycles. The maximum Gasteiger partial charge on any atom is 0.248 e. The van der Waals surface area contributed by atoms with E-state index in [9.17, 15) is 9.59 Å². The van der Waals surface area contributed by atoms with E-state index in [-0.39, 0.29) is 48.3 Å². The number of guanidine groups is 1.